The maximum absolute atomic E-state index is 11.7. The third-order valence-corrected chi connectivity index (χ3v) is 4.09. The zero-order valence-corrected chi connectivity index (χ0v) is 13.2. The van der Waals surface area contributed by atoms with E-state index in [0.29, 0.717) is 6.42 Å². The Bertz CT molecular complexity index is 431. The number of carbonyl (C=O) groups is 1. The minimum Gasteiger partial charge on any atom is -0.393 e. The van der Waals surface area contributed by atoms with Crippen LogP contribution in [0.2, 0.25) is 0 Å². The molecule has 2 rings (SSSR count). The zero-order chi connectivity index (χ0) is 15.6. The van der Waals surface area contributed by atoms with Crippen molar-refractivity contribution >= 4 is 5.91 Å². The van der Waals surface area contributed by atoms with Gasteiger partial charge >= 0.3 is 0 Å². The van der Waals surface area contributed by atoms with Crippen LogP contribution in [0.3, 0.4) is 0 Å². The van der Waals surface area contributed by atoms with Gasteiger partial charge in [-0.15, -0.1) is 0 Å². The van der Waals surface area contributed by atoms with E-state index in [-0.39, 0.29) is 12.0 Å². The topological polar surface area (TPSA) is 65.5 Å². The maximum Gasteiger partial charge on any atom is 0.220 e. The van der Waals surface area contributed by atoms with Gasteiger partial charge in [0, 0.05) is 37.9 Å². The molecule has 0 atom stereocenters. The third-order valence-electron chi connectivity index (χ3n) is 4.09. The number of nitrogens with one attached hydrogen (secondary N) is 1. The number of likely N-dealkylation sites (tertiary alicyclic amines) is 1. The Hall–Kier alpha value is -1.46. The molecule has 0 radical (unpaired) electrons. The lowest BCUT2D eigenvalue weighted by molar-refractivity contribution is -0.121. The van der Waals surface area contributed by atoms with Crippen molar-refractivity contribution < 1.29 is 9.90 Å². The summed E-state index contributed by atoms with van der Waals surface area (Å²) in [4.78, 5) is 18.4. The number of pyridine rings is 1. The number of aryl methyl sites for hydroxylation is 1. The largest absolute Gasteiger partial charge is 0.393 e. The highest BCUT2D eigenvalue weighted by Crippen LogP contribution is 2.09. The van der Waals surface area contributed by atoms with E-state index in [9.17, 15) is 9.90 Å². The first-order chi connectivity index (χ1) is 10.7. The van der Waals surface area contributed by atoms with E-state index in [0.717, 1.165) is 64.0 Å². The highest BCUT2D eigenvalue weighted by atomic mass is 16.3. The summed E-state index contributed by atoms with van der Waals surface area (Å²) in [6.07, 6.45) is 6.65. The number of amides is 1. The number of piperidine rings is 1. The summed E-state index contributed by atoms with van der Waals surface area (Å²) in [5, 5.41) is 12.4. The molecule has 1 aliphatic rings. The van der Waals surface area contributed by atoms with Crippen molar-refractivity contribution in [1.29, 1.82) is 0 Å². The number of carbonyl (C=O) groups excluding carboxylic acids is 1. The van der Waals surface area contributed by atoms with Crippen molar-refractivity contribution in [3.63, 3.8) is 0 Å². The summed E-state index contributed by atoms with van der Waals surface area (Å²) in [6.45, 7) is 3.68. The molecule has 1 aliphatic heterocycles. The predicted octanol–water partition coefficient (Wildman–Crippen LogP) is 1.37. The average molecular weight is 305 g/mol. The van der Waals surface area contributed by atoms with Gasteiger partial charge in [0.25, 0.3) is 0 Å². The standard InChI is InChI=1S/C17H27N3O2/c21-16-8-13-20(14-9-16)12-4-11-19-17(22)7-3-6-15-5-1-2-10-18-15/h1-2,5,10,16,21H,3-4,6-9,11-14H2,(H,19,22). The van der Waals surface area contributed by atoms with Crippen LogP contribution in [0.5, 0.6) is 0 Å². The lowest BCUT2D eigenvalue weighted by atomic mass is 10.1. The van der Waals surface area contributed by atoms with Crippen LogP contribution in [0.4, 0.5) is 0 Å². The van der Waals surface area contributed by atoms with Gasteiger partial charge in [-0.25, -0.2) is 0 Å². The molecule has 1 saturated heterocycles. The van der Waals surface area contributed by atoms with Crippen LogP contribution in [0, 0.1) is 0 Å². The Morgan fingerprint density at radius 1 is 1.32 bits per heavy atom. The molecule has 0 aromatic carbocycles. The fraction of sp³-hybridized carbons (Fsp3) is 0.647. The lowest BCUT2D eigenvalue weighted by Gasteiger charge is -2.29. The van der Waals surface area contributed by atoms with Gasteiger partial charge in [-0.2, -0.15) is 0 Å². The number of rotatable bonds is 8. The van der Waals surface area contributed by atoms with Gasteiger partial charge in [-0.1, -0.05) is 6.07 Å². The van der Waals surface area contributed by atoms with Crippen LogP contribution >= 0.6 is 0 Å². The second kappa shape index (κ2) is 9.54. The van der Waals surface area contributed by atoms with E-state index >= 15 is 0 Å². The average Bonchev–Trinajstić information content (AvgIpc) is 2.54. The number of aliphatic hydroxyl groups is 1. The monoisotopic (exact) mass is 305 g/mol. The Balaban J connectivity index is 1.47. The molecule has 1 amide bonds. The summed E-state index contributed by atoms with van der Waals surface area (Å²) < 4.78 is 0. The van der Waals surface area contributed by atoms with Gasteiger partial charge in [-0.05, 0) is 50.8 Å². The molecule has 5 nitrogen and oxygen atoms in total. The first-order valence-corrected chi connectivity index (χ1v) is 8.31. The summed E-state index contributed by atoms with van der Waals surface area (Å²) in [7, 11) is 0. The normalized spacial score (nSPS) is 16.6. The van der Waals surface area contributed by atoms with Gasteiger partial charge in [0.1, 0.15) is 0 Å². The molecule has 122 valence electrons. The van der Waals surface area contributed by atoms with Gasteiger partial charge < -0.3 is 15.3 Å². The van der Waals surface area contributed by atoms with Crippen molar-refractivity contribution in [1.82, 2.24) is 15.2 Å². The van der Waals surface area contributed by atoms with Crippen molar-refractivity contribution in [3.05, 3.63) is 30.1 Å². The molecule has 1 aromatic heterocycles. The van der Waals surface area contributed by atoms with Crippen molar-refractivity contribution in [3.8, 4) is 0 Å². The Morgan fingerprint density at radius 3 is 2.86 bits per heavy atom. The second-order valence-corrected chi connectivity index (χ2v) is 5.95. The van der Waals surface area contributed by atoms with Gasteiger partial charge in [0.2, 0.25) is 5.91 Å². The Labute approximate surface area is 132 Å². The predicted molar refractivity (Wildman–Crippen MR) is 86.5 cm³/mol. The molecule has 0 unspecified atom stereocenters. The number of nitrogens with zero attached hydrogens (tertiary/aromatic N) is 2. The van der Waals surface area contributed by atoms with E-state index in [4.69, 9.17) is 0 Å². The molecule has 2 N–H and O–H groups in total. The fourth-order valence-corrected chi connectivity index (χ4v) is 2.74. The van der Waals surface area contributed by atoms with Crippen molar-refractivity contribution in [2.45, 2.75) is 44.6 Å². The molecule has 1 aromatic rings. The highest BCUT2D eigenvalue weighted by molar-refractivity contribution is 5.75. The number of aromatic nitrogens is 1. The summed E-state index contributed by atoms with van der Waals surface area (Å²) >= 11 is 0. The van der Waals surface area contributed by atoms with Crippen LogP contribution in [-0.2, 0) is 11.2 Å². The molecular formula is C17H27N3O2. The highest BCUT2D eigenvalue weighted by Gasteiger charge is 2.16. The van der Waals surface area contributed by atoms with Gasteiger partial charge in [0.05, 0.1) is 6.10 Å². The van der Waals surface area contributed by atoms with Gasteiger partial charge in [0.15, 0.2) is 0 Å². The molecule has 5 heteroatoms. The Morgan fingerprint density at radius 2 is 2.14 bits per heavy atom. The maximum atomic E-state index is 11.7. The second-order valence-electron chi connectivity index (χ2n) is 5.95. The van der Waals surface area contributed by atoms with E-state index in [2.05, 4.69) is 15.2 Å². The summed E-state index contributed by atoms with van der Waals surface area (Å²) in [5.41, 5.74) is 1.04. The van der Waals surface area contributed by atoms with Crippen molar-refractivity contribution in [2.24, 2.45) is 0 Å². The van der Waals surface area contributed by atoms with E-state index in [1.165, 1.54) is 0 Å². The third kappa shape index (κ3) is 6.54. The quantitative estimate of drug-likeness (QED) is 0.712. The first-order valence-electron chi connectivity index (χ1n) is 8.31. The van der Waals surface area contributed by atoms with Crippen LogP contribution in [0.15, 0.2) is 24.4 Å². The molecule has 22 heavy (non-hydrogen) atoms. The van der Waals surface area contributed by atoms with Crippen LogP contribution < -0.4 is 5.32 Å². The first kappa shape index (κ1) is 16.9. The fourth-order valence-electron chi connectivity index (χ4n) is 2.74. The lowest BCUT2D eigenvalue weighted by Crippen LogP contribution is -2.37. The smallest absolute Gasteiger partial charge is 0.220 e. The number of aliphatic hydroxyl groups excluding tert-OH is 1. The molecule has 0 bridgehead atoms. The van der Waals surface area contributed by atoms with Gasteiger partial charge in [-0.3, -0.25) is 9.78 Å². The van der Waals surface area contributed by atoms with Crippen LogP contribution in [0.25, 0.3) is 0 Å². The Kier molecular flexibility index (Phi) is 7.33. The molecule has 0 saturated carbocycles. The molecule has 0 spiro atoms. The number of hydrogen-bond acceptors (Lipinski definition) is 4. The number of hydrogen-bond donors (Lipinski definition) is 2. The molecule has 0 aliphatic carbocycles. The van der Waals surface area contributed by atoms with E-state index < -0.39 is 0 Å². The van der Waals surface area contributed by atoms with Crippen LogP contribution in [-0.4, -0.2) is 53.2 Å². The van der Waals surface area contributed by atoms with Crippen LogP contribution in [0.1, 0.15) is 37.8 Å². The van der Waals surface area contributed by atoms with Crippen molar-refractivity contribution in [2.75, 3.05) is 26.2 Å². The molecule has 2 heterocycles. The summed E-state index contributed by atoms with van der Waals surface area (Å²) in [5.74, 6) is 0.130. The molecular weight excluding hydrogens is 278 g/mol. The molecule has 1 fully saturated rings. The summed E-state index contributed by atoms with van der Waals surface area (Å²) in [6, 6.07) is 5.87. The SMILES string of the molecule is O=C(CCCc1ccccn1)NCCCN1CCC(O)CC1. The zero-order valence-electron chi connectivity index (χ0n) is 13.2. The van der Waals surface area contributed by atoms with E-state index in [1.54, 1.807) is 6.20 Å². The van der Waals surface area contributed by atoms with E-state index in [1.807, 2.05) is 18.2 Å². The minimum absolute atomic E-state index is 0.116. The minimum atomic E-state index is -0.116.